The molecule has 2 aromatic carbocycles. The lowest BCUT2D eigenvalue weighted by Crippen LogP contribution is -2.14. The van der Waals surface area contributed by atoms with Crippen LogP contribution in [0.3, 0.4) is 0 Å². The molecule has 1 aliphatic rings. The molecule has 7 nitrogen and oxygen atoms in total. The summed E-state index contributed by atoms with van der Waals surface area (Å²) in [5, 5.41) is 13.4. The van der Waals surface area contributed by atoms with E-state index in [-0.39, 0.29) is 18.5 Å². The standard InChI is InChI=1S/C22H20N4O3S/c1-12-6-15-7-14(3)21-24-25-22(26(21)17(15)8-13(12)2)30-10-20(27)23-16-4-5-18-19(9-16)29-11-28-18/h4-9H,10-11H2,1-3H3,(H,23,27). The number of benzene rings is 2. The van der Waals surface area contributed by atoms with Crippen molar-refractivity contribution in [2.45, 2.75) is 25.9 Å². The number of carbonyl (C=O) groups is 1. The molecule has 152 valence electrons. The van der Waals surface area contributed by atoms with E-state index in [2.05, 4.69) is 47.6 Å². The van der Waals surface area contributed by atoms with E-state index in [1.165, 1.54) is 22.9 Å². The third-order valence-electron chi connectivity index (χ3n) is 5.23. The quantitative estimate of drug-likeness (QED) is 0.497. The molecular formula is C22H20N4O3S. The fourth-order valence-corrected chi connectivity index (χ4v) is 4.31. The number of hydrogen-bond acceptors (Lipinski definition) is 6. The number of amides is 1. The zero-order valence-corrected chi connectivity index (χ0v) is 17.7. The van der Waals surface area contributed by atoms with Gasteiger partial charge in [-0.1, -0.05) is 11.8 Å². The van der Waals surface area contributed by atoms with E-state index in [1.807, 2.05) is 11.3 Å². The Morgan fingerprint density at radius 3 is 2.67 bits per heavy atom. The minimum absolute atomic E-state index is 0.125. The molecule has 30 heavy (non-hydrogen) atoms. The van der Waals surface area contributed by atoms with Gasteiger partial charge in [0.25, 0.3) is 0 Å². The summed E-state index contributed by atoms with van der Waals surface area (Å²) in [6.45, 7) is 6.43. The maximum atomic E-state index is 12.5. The smallest absolute Gasteiger partial charge is 0.234 e. The van der Waals surface area contributed by atoms with Gasteiger partial charge in [-0.2, -0.15) is 0 Å². The summed E-state index contributed by atoms with van der Waals surface area (Å²) in [5.41, 5.74) is 6.02. The molecule has 0 unspecified atom stereocenters. The van der Waals surface area contributed by atoms with Crippen LogP contribution in [0.25, 0.3) is 16.6 Å². The van der Waals surface area contributed by atoms with Gasteiger partial charge in [0.2, 0.25) is 12.7 Å². The molecule has 5 rings (SSSR count). The first-order chi connectivity index (χ1) is 14.5. The molecule has 0 saturated carbocycles. The summed E-state index contributed by atoms with van der Waals surface area (Å²) >= 11 is 1.36. The van der Waals surface area contributed by atoms with Crippen LogP contribution in [0.1, 0.15) is 16.7 Å². The largest absolute Gasteiger partial charge is 0.454 e. The first kappa shape index (κ1) is 18.7. The van der Waals surface area contributed by atoms with Crippen molar-refractivity contribution in [3.8, 4) is 11.5 Å². The zero-order valence-electron chi connectivity index (χ0n) is 16.9. The van der Waals surface area contributed by atoms with Crippen molar-refractivity contribution < 1.29 is 14.3 Å². The molecule has 0 bridgehead atoms. The lowest BCUT2D eigenvalue weighted by molar-refractivity contribution is -0.113. The third kappa shape index (κ3) is 3.23. The second-order valence-corrected chi connectivity index (χ2v) is 8.31. The van der Waals surface area contributed by atoms with Gasteiger partial charge < -0.3 is 14.8 Å². The summed E-state index contributed by atoms with van der Waals surface area (Å²) in [6.07, 6.45) is 0. The van der Waals surface area contributed by atoms with E-state index >= 15 is 0 Å². The Bertz CT molecular complexity index is 1320. The molecule has 2 aromatic heterocycles. The Balaban J connectivity index is 1.40. The van der Waals surface area contributed by atoms with Crippen molar-refractivity contribution in [3.05, 3.63) is 53.1 Å². The van der Waals surface area contributed by atoms with Gasteiger partial charge in [0, 0.05) is 11.8 Å². The molecule has 1 amide bonds. The Morgan fingerprint density at radius 2 is 1.80 bits per heavy atom. The van der Waals surface area contributed by atoms with Crippen LogP contribution in [0.15, 0.2) is 41.6 Å². The van der Waals surface area contributed by atoms with E-state index in [1.54, 1.807) is 18.2 Å². The molecule has 0 saturated heterocycles. The molecule has 4 aromatic rings. The van der Waals surface area contributed by atoms with Crippen LogP contribution in [0.2, 0.25) is 0 Å². The van der Waals surface area contributed by atoms with E-state index in [0.717, 1.165) is 22.1 Å². The number of nitrogens with zero attached hydrogens (tertiary/aromatic N) is 3. The average molecular weight is 420 g/mol. The monoisotopic (exact) mass is 420 g/mol. The topological polar surface area (TPSA) is 77.8 Å². The highest BCUT2D eigenvalue weighted by Gasteiger charge is 2.16. The molecule has 0 aliphatic carbocycles. The Hall–Kier alpha value is -3.26. The van der Waals surface area contributed by atoms with Crippen LogP contribution in [0.5, 0.6) is 11.5 Å². The number of anilines is 1. The summed E-state index contributed by atoms with van der Waals surface area (Å²) < 4.78 is 12.7. The molecule has 8 heteroatoms. The van der Waals surface area contributed by atoms with Crippen LogP contribution in [-0.2, 0) is 4.79 Å². The van der Waals surface area contributed by atoms with Crippen LogP contribution < -0.4 is 14.8 Å². The van der Waals surface area contributed by atoms with Crippen LogP contribution in [0, 0.1) is 20.8 Å². The summed E-state index contributed by atoms with van der Waals surface area (Å²) in [6, 6.07) is 11.8. The van der Waals surface area contributed by atoms with Gasteiger partial charge in [0.05, 0.1) is 11.3 Å². The fourth-order valence-electron chi connectivity index (χ4n) is 3.57. The molecular weight excluding hydrogens is 400 g/mol. The average Bonchev–Trinajstić information content (AvgIpc) is 3.35. The van der Waals surface area contributed by atoms with Crippen LogP contribution >= 0.6 is 11.8 Å². The maximum Gasteiger partial charge on any atom is 0.234 e. The van der Waals surface area contributed by atoms with Crippen molar-refractivity contribution in [1.82, 2.24) is 14.6 Å². The van der Waals surface area contributed by atoms with Gasteiger partial charge in [-0.3, -0.25) is 9.20 Å². The normalized spacial score (nSPS) is 12.6. The second-order valence-electron chi connectivity index (χ2n) is 7.37. The zero-order chi connectivity index (χ0) is 20.8. The summed E-state index contributed by atoms with van der Waals surface area (Å²) in [4.78, 5) is 12.5. The minimum atomic E-state index is -0.125. The van der Waals surface area contributed by atoms with Crippen LogP contribution in [0.4, 0.5) is 5.69 Å². The predicted molar refractivity (Wildman–Crippen MR) is 117 cm³/mol. The van der Waals surface area contributed by atoms with Crippen LogP contribution in [-0.4, -0.2) is 33.1 Å². The molecule has 0 spiro atoms. The van der Waals surface area contributed by atoms with E-state index in [0.29, 0.717) is 22.3 Å². The summed E-state index contributed by atoms with van der Waals surface area (Å²) in [7, 11) is 0. The molecule has 1 N–H and O–H groups in total. The SMILES string of the molecule is Cc1cc2cc(C)c3nnc(SCC(=O)Nc4ccc5c(c4)OCO5)n3c2cc1C. The molecule has 0 atom stereocenters. The number of aromatic nitrogens is 3. The highest BCUT2D eigenvalue weighted by Crippen LogP contribution is 2.34. The number of rotatable bonds is 4. The Kier molecular flexibility index (Phi) is 4.51. The molecule has 3 heterocycles. The first-order valence-corrected chi connectivity index (χ1v) is 10.6. The molecule has 1 aliphatic heterocycles. The van der Waals surface area contributed by atoms with Gasteiger partial charge in [0.1, 0.15) is 0 Å². The Morgan fingerprint density at radius 1 is 1.03 bits per heavy atom. The van der Waals surface area contributed by atoms with E-state index in [9.17, 15) is 4.79 Å². The maximum absolute atomic E-state index is 12.5. The van der Waals surface area contributed by atoms with E-state index in [4.69, 9.17) is 9.47 Å². The number of fused-ring (bicyclic) bond motifs is 4. The first-order valence-electron chi connectivity index (χ1n) is 9.57. The van der Waals surface area contributed by atoms with Gasteiger partial charge in [-0.15, -0.1) is 10.2 Å². The number of carbonyl (C=O) groups excluding carboxylic acids is 1. The third-order valence-corrected chi connectivity index (χ3v) is 6.16. The number of nitrogens with one attached hydrogen (secondary N) is 1. The number of ether oxygens (including phenoxy) is 2. The van der Waals surface area contributed by atoms with Gasteiger partial charge >= 0.3 is 0 Å². The van der Waals surface area contributed by atoms with Gasteiger partial charge in [-0.05, 0) is 73.2 Å². The van der Waals surface area contributed by atoms with Crippen molar-refractivity contribution in [3.63, 3.8) is 0 Å². The number of hydrogen-bond donors (Lipinski definition) is 1. The van der Waals surface area contributed by atoms with E-state index < -0.39 is 0 Å². The molecule has 0 fully saturated rings. The van der Waals surface area contributed by atoms with Gasteiger partial charge in [0.15, 0.2) is 22.3 Å². The second kappa shape index (κ2) is 7.21. The number of thioether (sulfide) groups is 1. The number of pyridine rings is 1. The number of aryl methyl sites for hydroxylation is 3. The summed E-state index contributed by atoms with van der Waals surface area (Å²) in [5.74, 6) is 1.41. The van der Waals surface area contributed by atoms with Crippen molar-refractivity contribution in [1.29, 1.82) is 0 Å². The lowest BCUT2D eigenvalue weighted by Gasteiger charge is -2.10. The van der Waals surface area contributed by atoms with Crippen molar-refractivity contribution in [2.75, 3.05) is 17.9 Å². The lowest BCUT2D eigenvalue weighted by atomic mass is 10.0. The highest BCUT2D eigenvalue weighted by atomic mass is 32.2. The van der Waals surface area contributed by atoms with Gasteiger partial charge in [-0.25, -0.2) is 0 Å². The van der Waals surface area contributed by atoms with Crippen molar-refractivity contribution >= 4 is 39.9 Å². The fraction of sp³-hybridized carbons (Fsp3) is 0.227. The minimum Gasteiger partial charge on any atom is -0.454 e. The Labute approximate surface area is 177 Å². The molecule has 0 radical (unpaired) electrons. The van der Waals surface area contributed by atoms with Crippen molar-refractivity contribution in [2.24, 2.45) is 0 Å². The highest BCUT2D eigenvalue weighted by molar-refractivity contribution is 7.99. The predicted octanol–water partition coefficient (Wildman–Crippen LogP) is 4.27.